The summed E-state index contributed by atoms with van der Waals surface area (Å²) < 4.78 is 0. The van der Waals surface area contributed by atoms with Crippen molar-refractivity contribution in [1.29, 1.82) is 5.41 Å². The first-order valence-electron chi connectivity index (χ1n) is 6.11. The SMILES string of the molecule is C\C1=C/C=C\C=C(/C)N(c2ccccc2)C(=O)C1=N. The highest BCUT2D eigenvalue weighted by Gasteiger charge is 2.22. The van der Waals surface area contributed by atoms with Crippen LogP contribution in [0.2, 0.25) is 0 Å². The molecule has 1 aliphatic rings. The number of para-hydroxylation sites is 1. The van der Waals surface area contributed by atoms with Crippen LogP contribution in [0.5, 0.6) is 0 Å². The molecule has 0 aromatic heterocycles. The monoisotopic (exact) mass is 252 g/mol. The van der Waals surface area contributed by atoms with Gasteiger partial charge in [-0.1, -0.05) is 36.4 Å². The number of allylic oxidation sites excluding steroid dienone is 5. The minimum absolute atomic E-state index is 0.0168. The van der Waals surface area contributed by atoms with Crippen molar-refractivity contribution < 1.29 is 4.79 Å². The van der Waals surface area contributed by atoms with Gasteiger partial charge in [-0.05, 0) is 37.6 Å². The van der Waals surface area contributed by atoms with E-state index in [-0.39, 0.29) is 11.6 Å². The maximum absolute atomic E-state index is 12.5. The fourth-order valence-electron chi connectivity index (χ4n) is 1.89. The first-order chi connectivity index (χ1) is 9.11. The first-order valence-corrected chi connectivity index (χ1v) is 6.11. The number of benzene rings is 1. The summed E-state index contributed by atoms with van der Waals surface area (Å²) in [5, 5.41) is 7.98. The highest BCUT2D eigenvalue weighted by Crippen LogP contribution is 2.21. The number of hydrogen-bond donors (Lipinski definition) is 1. The van der Waals surface area contributed by atoms with E-state index in [4.69, 9.17) is 5.41 Å². The quantitative estimate of drug-likeness (QED) is 0.817. The lowest BCUT2D eigenvalue weighted by Gasteiger charge is -2.23. The topological polar surface area (TPSA) is 44.2 Å². The third-order valence-electron chi connectivity index (χ3n) is 2.97. The largest absolute Gasteiger partial charge is 0.295 e. The van der Waals surface area contributed by atoms with Gasteiger partial charge in [0.05, 0.1) is 0 Å². The summed E-state index contributed by atoms with van der Waals surface area (Å²) in [6.07, 6.45) is 7.36. The number of carbonyl (C=O) groups excluding carboxylic acids is 1. The second kappa shape index (κ2) is 5.48. The minimum Gasteiger partial charge on any atom is -0.295 e. The molecule has 0 spiro atoms. The van der Waals surface area contributed by atoms with Gasteiger partial charge >= 0.3 is 0 Å². The van der Waals surface area contributed by atoms with E-state index in [1.165, 1.54) is 0 Å². The summed E-state index contributed by atoms with van der Waals surface area (Å²) in [6, 6.07) is 9.39. The van der Waals surface area contributed by atoms with Crippen LogP contribution < -0.4 is 4.90 Å². The van der Waals surface area contributed by atoms with Crippen LogP contribution in [-0.4, -0.2) is 11.6 Å². The molecule has 0 saturated carbocycles. The molecule has 1 amide bonds. The molecule has 1 aromatic carbocycles. The highest BCUT2D eigenvalue weighted by molar-refractivity contribution is 6.48. The predicted molar refractivity (Wildman–Crippen MR) is 78.3 cm³/mol. The minimum atomic E-state index is -0.308. The Balaban J connectivity index is 2.53. The van der Waals surface area contributed by atoms with Crippen LogP contribution in [0.25, 0.3) is 0 Å². The van der Waals surface area contributed by atoms with Gasteiger partial charge in [0, 0.05) is 11.4 Å². The van der Waals surface area contributed by atoms with E-state index < -0.39 is 0 Å². The van der Waals surface area contributed by atoms with Crippen molar-refractivity contribution in [2.75, 3.05) is 4.90 Å². The zero-order chi connectivity index (χ0) is 13.8. The van der Waals surface area contributed by atoms with Crippen molar-refractivity contribution in [3.63, 3.8) is 0 Å². The Morgan fingerprint density at radius 3 is 2.32 bits per heavy atom. The number of nitrogens with one attached hydrogen (secondary N) is 1. The van der Waals surface area contributed by atoms with Crippen molar-refractivity contribution in [3.05, 3.63) is 65.9 Å². The zero-order valence-electron chi connectivity index (χ0n) is 11.1. The average Bonchev–Trinajstić information content (AvgIpc) is 2.47. The van der Waals surface area contributed by atoms with Gasteiger partial charge in [0.2, 0.25) is 0 Å². The van der Waals surface area contributed by atoms with Crippen molar-refractivity contribution in [1.82, 2.24) is 0 Å². The Bertz CT molecular complexity index is 594. The fourth-order valence-corrected chi connectivity index (χ4v) is 1.89. The van der Waals surface area contributed by atoms with E-state index in [0.29, 0.717) is 5.57 Å². The average molecular weight is 252 g/mol. The first kappa shape index (κ1) is 13.0. The summed E-state index contributed by atoms with van der Waals surface area (Å²) >= 11 is 0. The summed E-state index contributed by atoms with van der Waals surface area (Å²) in [6.45, 7) is 3.64. The Morgan fingerprint density at radius 2 is 1.63 bits per heavy atom. The van der Waals surface area contributed by atoms with E-state index in [1.54, 1.807) is 17.9 Å². The van der Waals surface area contributed by atoms with Crippen molar-refractivity contribution in [2.45, 2.75) is 13.8 Å². The van der Waals surface area contributed by atoms with Gasteiger partial charge in [-0.25, -0.2) is 0 Å². The standard InChI is InChI=1S/C16H16N2O/c1-12-8-6-7-9-13(2)18(16(19)15(12)17)14-10-4-3-5-11-14/h3-11,17H,1-2H3/b7-6-,12-8+,13-9+,17-15?. The fraction of sp³-hybridized carbons (Fsp3) is 0.125. The molecular weight excluding hydrogens is 236 g/mol. The predicted octanol–water partition coefficient (Wildman–Crippen LogP) is 3.46. The summed E-state index contributed by atoms with van der Waals surface area (Å²) in [5.74, 6) is -0.308. The zero-order valence-corrected chi connectivity index (χ0v) is 11.1. The molecule has 1 aliphatic heterocycles. The smallest absolute Gasteiger partial charge is 0.280 e. The van der Waals surface area contributed by atoms with Crippen LogP contribution in [0, 0.1) is 5.41 Å². The van der Waals surface area contributed by atoms with Gasteiger partial charge in [-0.15, -0.1) is 0 Å². The number of amides is 1. The summed E-state index contributed by atoms with van der Waals surface area (Å²) in [7, 11) is 0. The number of carbonyl (C=O) groups is 1. The van der Waals surface area contributed by atoms with Crippen LogP contribution >= 0.6 is 0 Å². The lowest BCUT2D eigenvalue weighted by atomic mass is 10.1. The molecule has 3 nitrogen and oxygen atoms in total. The Morgan fingerprint density at radius 1 is 1.00 bits per heavy atom. The maximum atomic E-state index is 12.5. The molecule has 1 N–H and O–H groups in total. The van der Waals surface area contributed by atoms with Gasteiger partial charge in [0.15, 0.2) is 0 Å². The lowest BCUT2D eigenvalue weighted by molar-refractivity contribution is -0.112. The molecule has 0 fully saturated rings. The second-order valence-electron chi connectivity index (χ2n) is 4.39. The molecule has 2 rings (SSSR count). The summed E-state index contributed by atoms with van der Waals surface area (Å²) in [4.78, 5) is 14.0. The third kappa shape index (κ3) is 2.71. The van der Waals surface area contributed by atoms with Gasteiger partial charge in [0.25, 0.3) is 5.91 Å². The molecule has 1 heterocycles. The van der Waals surface area contributed by atoms with E-state index >= 15 is 0 Å². The molecule has 0 atom stereocenters. The van der Waals surface area contributed by atoms with Crippen LogP contribution in [0.15, 0.2) is 65.9 Å². The molecule has 0 aliphatic carbocycles. The normalized spacial score (nSPS) is 23.6. The van der Waals surface area contributed by atoms with Crippen LogP contribution in [0.4, 0.5) is 5.69 Å². The maximum Gasteiger partial charge on any atom is 0.280 e. The van der Waals surface area contributed by atoms with E-state index in [9.17, 15) is 4.79 Å². The number of nitrogens with zero attached hydrogens (tertiary/aromatic N) is 1. The number of rotatable bonds is 1. The van der Waals surface area contributed by atoms with E-state index in [0.717, 1.165) is 11.4 Å². The molecule has 96 valence electrons. The van der Waals surface area contributed by atoms with Gasteiger partial charge in [-0.3, -0.25) is 15.1 Å². The van der Waals surface area contributed by atoms with Gasteiger partial charge in [-0.2, -0.15) is 0 Å². The molecule has 19 heavy (non-hydrogen) atoms. The van der Waals surface area contributed by atoms with Crippen molar-refractivity contribution in [3.8, 4) is 0 Å². The lowest BCUT2D eigenvalue weighted by Crippen LogP contribution is -2.35. The number of hydrogen-bond acceptors (Lipinski definition) is 2. The molecule has 0 radical (unpaired) electrons. The number of anilines is 1. The van der Waals surface area contributed by atoms with E-state index in [2.05, 4.69) is 0 Å². The summed E-state index contributed by atoms with van der Waals surface area (Å²) in [5.41, 5.74) is 2.24. The van der Waals surface area contributed by atoms with Crippen LogP contribution in [0.1, 0.15) is 13.8 Å². The van der Waals surface area contributed by atoms with Gasteiger partial charge < -0.3 is 0 Å². The van der Waals surface area contributed by atoms with Crippen LogP contribution in [-0.2, 0) is 4.79 Å². The highest BCUT2D eigenvalue weighted by atomic mass is 16.2. The molecular formula is C16H16N2O. The van der Waals surface area contributed by atoms with Crippen molar-refractivity contribution >= 4 is 17.3 Å². The molecule has 3 heteroatoms. The molecule has 0 bridgehead atoms. The Labute approximate surface area is 113 Å². The second-order valence-corrected chi connectivity index (χ2v) is 4.39. The van der Waals surface area contributed by atoms with Gasteiger partial charge in [0.1, 0.15) is 5.71 Å². The Kier molecular flexibility index (Phi) is 3.76. The molecule has 0 unspecified atom stereocenters. The molecule has 1 aromatic rings. The Hall–Kier alpha value is -2.42. The molecule has 0 saturated heterocycles. The third-order valence-corrected chi connectivity index (χ3v) is 2.97. The van der Waals surface area contributed by atoms with E-state index in [1.807, 2.05) is 55.5 Å². The van der Waals surface area contributed by atoms with Crippen LogP contribution in [0.3, 0.4) is 0 Å². The van der Waals surface area contributed by atoms with Crippen molar-refractivity contribution in [2.24, 2.45) is 0 Å².